The Kier molecular flexibility index (Phi) is 6.10. The van der Waals surface area contributed by atoms with E-state index in [9.17, 15) is 9.59 Å². The topological polar surface area (TPSA) is 76.7 Å². The lowest BCUT2D eigenvalue weighted by Crippen LogP contribution is -2.41. The molecule has 0 bridgehead atoms. The van der Waals surface area contributed by atoms with Gasteiger partial charge in [0.05, 0.1) is 24.9 Å². The molecular formula is C19H21ClN2O4. The summed E-state index contributed by atoms with van der Waals surface area (Å²) in [6.45, 7) is 3.07. The molecule has 6 nitrogen and oxygen atoms in total. The summed E-state index contributed by atoms with van der Waals surface area (Å²) in [5.41, 5.74) is -0.385. The van der Waals surface area contributed by atoms with Crippen molar-refractivity contribution in [3.05, 3.63) is 47.5 Å². The highest BCUT2D eigenvalue weighted by Gasteiger charge is 2.36. The molecule has 138 valence electrons. The quantitative estimate of drug-likeness (QED) is 0.748. The number of anilines is 2. The Morgan fingerprint density at radius 3 is 2.15 bits per heavy atom. The molecule has 2 rings (SSSR count). The zero-order valence-electron chi connectivity index (χ0n) is 15.1. The standard InChI is InChI=1S/C19H21ClN2O4/c1-19(2,18(24)22-14-8-6-5-7-13(14)20)17(23)21-12-9-10-15(25-3)16(11-12)26-4/h5-11H,1-4H3,(H,21,23)(H,22,24). The van der Waals surface area contributed by atoms with Gasteiger partial charge in [-0.3, -0.25) is 9.59 Å². The second kappa shape index (κ2) is 8.10. The first-order valence-electron chi connectivity index (χ1n) is 7.89. The molecule has 2 amide bonds. The summed E-state index contributed by atoms with van der Waals surface area (Å²) < 4.78 is 10.4. The Morgan fingerprint density at radius 1 is 0.923 bits per heavy atom. The molecule has 0 aromatic heterocycles. The number of benzene rings is 2. The van der Waals surface area contributed by atoms with E-state index in [-0.39, 0.29) is 0 Å². The first-order valence-corrected chi connectivity index (χ1v) is 8.27. The van der Waals surface area contributed by atoms with Gasteiger partial charge in [0, 0.05) is 11.8 Å². The van der Waals surface area contributed by atoms with Crippen LogP contribution in [0.1, 0.15) is 13.8 Å². The molecule has 0 fully saturated rings. The van der Waals surface area contributed by atoms with Crippen LogP contribution in [0, 0.1) is 5.41 Å². The molecule has 26 heavy (non-hydrogen) atoms. The number of hydrogen-bond acceptors (Lipinski definition) is 4. The third-order valence-corrected chi connectivity index (χ3v) is 4.23. The van der Waals surface area contributed by atoms with Crippen LogP contribution >= 0.6 is 11.6 Å². The van der Waals surface area contributed by atoms with E-state index in [0.29, 0.717) is 27.9 Å². The fourth-order valence-corrected chi connectivity index (χ4v) is 2.33. The molecule has 0 saturated heterocycles. The molecule has 0 heterocycles. The van der Waals surface area contributed by atoms with Crippen molar-refractivity contribution in [2.24, 2.45) is 5.41 Å². The van der Waals surface area contributed by atoms with Crippen LogP contribution in [-0.4, -0.2) is 26.0 Å². The van der Waals surface area contributed by atoms with Gasteiger partial charge in [-0.25, -0.2) is 0 Å². The summed E-state index contributed by atoms with van der Waals surface area (Å²) in [4.78, 5) is 25.2. The molecule has 2 aromatic rings. The third-order valence-electron chi connectivity index (χ3n) is 3.90. The van der Waals surface area contributed by atoms with Gasteiger partial charge in [0.2, 0.25) is 11.8 Å². The zero-order valence-corrected chi connectivity index (χ0v) is 15.8. The maximum Gasteiger partial charge on any atom is 0.239 e. The normalized spacial score (nSPS) is 10.8. The lowest BCUT2D eigenvalue weighted by molar-refractivity contribution is -0.135. The number of hydrogen-bond donors (Lipinski definition) is 2. The van der Waals surface area contributed by atoms with Gasteiger partial charge in [-0.2, -0.15) is 0 Å². The Labute approximate surface area is 157 Å². The molecule has 0 aliphatic rings. The third kappa shape index (κ3) is 4.26. The number of carbonyl (C=O) groups is 2. The summed E-state index contributed by atoms with van der Waals surface area (Å²) in [6.07, 6.45) is 0. The minimum Gasteiger partial charge on any atom is -0.493 e. The first kappa shape index (κ1) is 19.6. The number of methoxy groups -OCH3 is 2. The Bertz CT molecular complexity index is 821. The number of ether oxygens (including phenoxy) is 2. The minimum absolute atomic E-state index is 0.400. The van der Waals surface area contributed by atoms with E-state index < -0.39 is 17.2 Å². The SMILES string of the molecule is COc1ccc(NC(=O)C(C)(C)C(=O)Nc2ccccc2Cl)cc1OC. The van der Waals surface area contributed by atoms with Gasteiger partial charge < -0.3 is 20.1 Å². The number of halogens is 1. The molecular weight excluding hydrogens is 356 g/mol. The lowest BCUT2D eigenvalue weighted by Gasteiger charge is -2.23. The molecule has 0 radical (unpaired) electrons. The number of rotatable bonds is 6. The number of nitrogens with one attached hydrogen (secondary N) is 2. The molecule has 0 aliphatic carbocycles. The summed E-state index contributed by atoms with van der Waals surface area (Å²) in [7, 11) is 3.03. The minimum atomic E-state index is -1.33. The van der Waals surface area contributed by atoms with Crippen molar-refractivity contribution < 1.29 is 19.1 Å². The van der Waals surface area contributed by atoms with Crippen molar-refractivity contribution in [3.8, 4) is 11.5 Å². The van der Waals surface area contributed by atoms with E-state index in [1.165, 1.54) is 28.1 Å². The smallest absolute Gasteiger partial charge is 0.239 e. The average molecular weight is 377 g/mol. The van der Waals surface area contributed by atoms with Crippen LogP contribution in [0.15, 0.2) is 42.5 Å². The predicted molar refractivity (Wildman–Crippen MR) is 102 cm³/mol. The van der Waals surface area contributed by atoms with E-state index in [1.54, 1.807) is 42.5 Å². The number of amides is 2. The van der Waals surface area contributed by atoms with Gasteiger partial charge in [0.1, 0.15) is 5.41 Å². The van der Waals surface area contributed by atoms with Gasteiger partial charge >= 0.3 is 0 Å². The van der Waals surface area contributed by atoms with E-state index in [1.807, 2.05) is 0 Å². The largest absolute Gasteiger partial charge is 0.493 e. The van der Waals surface area contributed by atoms with Crippen molar-refractivity contribution in [1.29, 1.82) is 0 Å². The Morgan fingerprint density at radius 2 is 1.54 bits per heavy atom. The van der Waals surface area contributed by atoms with Gasteiger partial charge in [-0.15, -0.1) is 0 Å². The fraction of sp³-hybridized carbons (Fsp3) is 0.263. The van der Waals surface area contributed by atoms with Gasteiger partial charge in [-0.1, -0.05) is 23.7 Å². The summed E-state index contributed by atoms with van der Waals surface area (Å²) in [6, 6.07) is 11.8. The van der Waals surface area contributed by atoms with Crippen molar-refractivity contribution in [3.63, 3.8) is 0 Å². The van der Waals surface area contributed by atoms with Crippen molar-refractivity contribution in [2.45, 2.75) is 13.8 Å². The fourth-order valence-electron chi connectivity index (χ4n) is 2.15. The second-order valence-electron chi connectivity index (χ2n) is 6.08. The van der Waals surface area contributed by atoms with Gasteiger partial charge in [0.25, 0.3) is 0 Å². The maximum absolute atomic E-state index is 12.6. The van der Waals surface area contributed by atoms with Gasteiger partial charge in [0.15, 0.2) is 11.5 Å². The van der Waals surface area contributed by atoms with Crippen molar-refractivity contribution in [1.82, 2.24) is 0 Å². The molecule has 2 aromatic carbocycles. The molecule has 0 aliphatic heterocycles. The van der Waals surface area contributed by atoms with E-state index >= 15 is 0 Å². The van der Waals surface area contributed by atoms with Crippen molar-refractivity contribution in [2.75, 3.05) is 24.9 Å². The average Bonchev–Trinajstić information content (AvgIpc) is 2.63. The highest BCUT2D eigenvalue weighted by Crippen LogP contribution is 2.31. The Balaban J connectivity index is 2.14. The lowest BCUT2D eigenvalue weighted by atomic mass is 9.90. The maximum atomic E-state index is 12.6. The molecule has 0 saturated carbocycles. The first-order chi connectivity index (χ1) is 12.3. The van der Waals surface area contributed by atoms with Crippen LogP contribution < -0.4 is 20.1 Å². The molecule has 0 atom stereocenters. The number of carbonyl (C=O) groups excluding carboxylic acids is 2. The predicted octanol–water partition coefficient (Wildman–Crippen LogP) is 3.96. The van der Waals surface area contributed by atoms with Crippen LogP contribution in [0.2, 0.25) is 5.02 Å². The van der Waals surface area contributed by atoms with E-state index in [0.717, 1.165) is 0 Å². The summed E-state index contributed by atoms with van der Waals surface area (Å²) >= 11 is 6.05. The monoisotopic (exact) mass is 376 g/mol. The Hall–Kier alpha value is -2.73. The van der Waals surface area contributed by atoms with Crippen LogP contribution in [0.25, 0.3) is 0 Å². The second-order valence-corrected chi connectivity index (χ2v) is 6.49. The highest BCUT2D eigenvalue weighted by molar-refractivity contribution is 6.34. The zero-order chi connectivity index (χ0) is 19.3. The molecule has 2 N–H and O–H groups in total. The van der Waals surface area contributed by atoms with Crippen LogP contribution in [0.3, 0.4) is 0 Å². The number of para-hydroxylation sites is 1. The van der Waals surface area contributed by atoms with E-state index in [2.05, 4.69) is 10.6 Å². The summed E-state index contributed by atoms with van der Waals surface area (Å²) in [5.74, 6) is 0.0858. The van der Waals surface area contributed by atoms with E-state index in [4.69, 9.17) is 21.1 Å². The van der Waals surface area contributed by atoms with Gasteiger partial charge in [-0.05, 0) is 38.1 Å². The summed E-state index contributed by atoms with van der Waals surface area (Å²) in [5, 5.41) is 5.80. The van der Waals surface area contributed by atoms with Crippen molar-refractivity contribution >= 4 is 34.8 Å². The van der Waals surface area contributed by atoms with Crippen LogP contribution in [-0.2, 0) is 9.59 Å². The highest BCUT2D eigenvalue weighted by atomic mass is 35.5. The molecule has 7 heteroatoms. The molecule has 0 unspecified atom stereocenters. The molecule has 0 spiro atoms. The van der Waals surface area contributed by atoms with Crippen LogP contribution in [0.5, 0.6) is 11.5 Å². The van der Waals surface area contributed by atoms with Crippen LogP contribution in [0.4, 0.5) is 11.4 Å².